The van der Waals surface area contributed by atoms with Crippen molar-refractivity contribution < 1.29 is 26.7 Å². The molecule has 0 amide bonds. The monoisotopic (exact) mass is 447 g/mol. The molecule has 0 fully saturated rings. The van der Waals surface area contributed by atoms with Gasteiger partial charge in [-0.3, -0.25) is 0 Å². The highest BCUT2D eigenvalue weighted by atomic mass is 35.5. The van der Waals surface area contributed by atoms with Crippen LogP contribution in [-0.4, -0.2) is 13.8 Å². The van der Waals surface area contributed by atoms with E-state index in [1.807, 2.05) is 48.5 Å². The van der Waals surface area contributed by atoms with Gasteiger partial charge in [-0.25, -0.2) is 4.99 Å². The van der Waals surface area contributed by atoms with Crippen molar-refractivity contribution in [3.8, 4) is 11.3 Å². The fourth-order valence-electron chi connectivity index (χ4n) is 3.02. The Morgan fingerprint density at radius 1 is 0.806 bits per heavy atom. The van der Waals surface area contributed by atoms with Gasteiger partial charge >= 0.3 is 7.25 Å². The molecule has 0 unspecified atom stereocenters. The van der Waals surface area contributed by atoms with Crippen LogP contribution in [0.15, 0.2) is 89.3 Å². The second kappa shape index (κ2) is 10.3. The second-order valence-corrected chi connectivity index (χ2v) is 7.12. The van der Waals surface area contributed by atoms with Crippen molar-refractivity contribution in [2.75, 3.05) is 6.54 Å². The molecule has 0 aliphatic rings. The first-order chi connectivity index (χ1) is 14.8. The third kappa shape index (κ3) is 7.29. The van der Waals surface area contributed by atoms with Crippen LogP contribution in [0.1, 0.15) is 5.56 Å². The molecule has 0 bridgehead atoms. The predicted octanol–water partition coefficient (Wildman–Crippen LogP) is 5.28. The van der Waals surface area contributed by atoms with Crippen molar-refractivity contribution in [2.45, 2.75) is 6.42 Å². The number of benzene rings is 3. The molecule has 3 aromatic carbocycles. The van der Waals surface area contributed by atoms with Crippen LogP contribution in [0.5, 0.6) is 0 Å². The zero-order chi connectivity index (χ0) is 22.3. The molecule has 0 saturated carbocycles. The number of hydrogen-bond acceptors (Lipinski definition) is 1. The lowest BCUT2D eigenvalue weighted by Crippen LogP contribution is -2.77. The molecule has 1 aromatic heterocycles. The van der Waals surface area contributed by atoms with E-state index >= 15 is 0 Å². The van der Waals surface area contributed by atoms with Gasteiger partial charge in [0.25, 0.3) is 0 Å². The maximum atomic E-state index is 9.75. The van der Waals surface area contributed by atoms with E-state index < -0.39 is 7.25 Å². The Labute approximate surface area is 181 Å². The molecule has 2 nitrogen and oxygen atoms in total. The van der Waals surface area contributed by atoms with Crippen molar-refractivity contribution in [1.82, 2.24) is 0 Å². The molecule has 0 aliphatic heterocycles. The first-order valence-electron chi connectivity index (χ1n) is 9.56. The molecule has 1 N–H and O–H groups in total. The standard InChI is InChI=1S/C23H18ClNO.BF4/c24-19-12-10-18(11-13-19)23-16-21(20-8-4-5-9-22(20)26-23)25-15-14-17-6-2-1-3-7-17;2-1(3,4)5/h1-13,16H,14-15H2;/q;-1/p+1. The number of para-hydroxylation sites is 1. The highest BCUT2D eigenvalue weighted by molar-refractivity contribution is 6.50. The smallest absolute Gasteiger partial charge is 0.456 e. The SMILES string of the molecule is Clc1ccc(-c2cc(=[NH+]CCc3ccccc3)c3ccccc3o2)cc1.F[B-](F)(F)F. The van der Waals surface area contributed by atoms with E-state index in [0.717, 1.165) is 45.6 Å². The van der Waals surface area contributed by atoms with Crippen molar-refractivity contribution >= 4 is 29.8 Å². The third-order valence-electron chi connectivity index (χ3n) is 4.37. The van der Waals surface area contributed by atoms with E-state index in [4.69, 9.17) is 16.0 Å². The van der Waals surface area contributed by atoms with E-state index in [2.05, 4.69) is 41.4 Å². The largest absolute Gasteiger partial charge is 0.673 e. The van der Waals surface area contributed by atoms with Gasteiger partial charge in [0.15, 0.2) is 0 Å². The number of hydrogen-bond donors (Lipinski definition) is 1. The Bertz CT molecular complexity index is 1190. The van der Waals surface area contributed by atoms with Crippen LogP contribution in [0.25, 0.3) is 22.3 Å². The number of fused-ring (bicyclic) bond motifs is 1. The maximum absolute atomic E-state index is 9.75. The normalized spacial score (nSPS) is 11.8. The van der Waals surface area contributed by atoms with Crippen LogP contribution in [0.4, 0.5) is 17.3 Å². The van der Waals surface area contributed by atoms with Gasteiger partial charge in [0, 0.05) is 17.0 Å². The Hall–Kier alpha value is -3.06. The molecular formula is C23H19BClF4NO. The molecular weight excluding hydrogens is 429 g/mol. The summed E-state index contributed by atoms with van der Waals surface area (Å²) in [6.45, 7) is 0.859. The Balaban J connectivity index is 0.000000491. The van der Waals surface area contributed by atoms with E-state index in [0.29, 0.717) is 0 Å². The third-order valence-corrected chi connectivity index (χ3v) is 4.63. The second-order valence-electron chi connectivity index (χ2n) is 6.68. The molecule has 0 aliphatic carbocycles. The number of rotatable bonds is 4. The molecule has 0 saturated heterocycles. The van der Waals surface area contributed by atoms with Crippen LogP contribution in [0, 0.1) is 0 Å². The molecule has 4 aromatic rings. The van der Waals surface area contributed by atoms with Crippen LogP contribution in [0.2, 0.25) is 5.02 Å². The van der Waals surface area contributed by atoms with Crippen LogP contribution >= 0.6 is 11.6 Å². The summed E-state index contributed by atoms with van der Waals surface area (Å²) >= 11 is 6.01. The molecule has 0 atom stereocenters. The summed E-state index contributed by atoms with van der Waals surface area (Å²) in [6.07, 6.45) is 0.970. The number of nitrogens with one attached hydrogen (secondary N) is 1. The molecule has 8 heteroatoms. The summed E-state index contributed by atoms with van der Waals surface area (Å²) in [5.74, 6) is 0.822. The minimum atomic E-state index is -6.00. The molecule has 4 rings (SSSR count). The predicted molar refractivity (Wildman–Crippen MR) is 116 cm³/mol. The summed E-state index contributed by atoms with van der Waals surface area (Å²) in [5.41, 5.74) is 3.19. The fourth-order valence-corrected chi connectivity index (χ4v) is 3.15. The maximum Gasteiger partial charge on any atom is 0.673 e. The molecule has 160 valence electrons. The highest BCUT2D eigenvalue weighted by Crippen LogP contribution is 2.23. The van der Waals surface area contributed by atoms with E-state index in [9.17, 15) is 17.3 Å². The lowest BCUT2D eigenvalue weighted by atomic mass is 10.1. The van der Waals surface area contributed by atoms with Gasteiger partial charge in [-0.1, -0.05) is 54.1 Å². The van der Waals surface area contributed by atoms with Crippen molar-refractivity contribution in [2.24, 2.45) is 0 Å². The average molecular weight is 448 g/mol. The fraction of sp³-hybridized carbons (Fsp3) is 0.0870. The van der Waals surface area contributed by atoms with E-state index in [1.54, 1.807) is 0 Å². The first kappa shape index (κ1) is 22.6. The molecule has 0 spiro atoms. The quantitative estimate of drug-likeness (QED) is 0.335. The summed E-state index contributed by atoms with van der Waals surface area (Å²) in [5, 5.41) is 2.88. The van der Waals surface area contributed by atoms with Crippen molar-refractivity contribution in [3.05, 3.63) is 101 Å². The minimum Gasteiger partial charge on any atom is -0.456 e. The van der Waals surface area contributed by atoms with E-state index in [-0.39, 0.29) is 0 Å². The molecule has 0 radical (unpaired) electrons. The average Bonchev–Trinajstić information content (AvgIpc) is 2.74. The van der Waals surface area contributed by atoms with Crippen LogP contribution in [0.3, 0.4) is 0 Å². The van der Waals surface area contributed by atoms with Crippen molar-refractivity contribution in [1.29, 1.82) is 0 Å². The summed E-state index contributed by atoms with van der Waals surface area (Å²) in [4.78, 5) is 3.57. The summed E-state index contributed by atoms with van der Waals surface area (Å²) in [7, 11) is -6.00. The van der Waals surface area contributed by atoms with Crippen LogP contribution < -0.4 is 10.3 Å². The summed E-state index contributed by atoms with van der Waals surface area (Å²) < 4.78 is 45.1. The van der Waals surface area contributed by atoms with Gasteiger partial charge in [0.2, 0.25) is 5.36 Å². The van der Waals surface area contributed by atoms with Crippen LogP contribution in [-0.2, 0) is 6.42 Å². The summed E-state index contributed by atoms with van der Waals surface area (Å²) in [6, 6.07) is 28.4. The first-order valence-corrected chi connectivity index (χ1v) is 9.94. The number of halogens is 5. The Morgan fingerprint density at radius 2 is 1.42 bits per heavy atom. The highest BCUT2D eigenvalue weighted by Gasteiger charge is 2.20. The van der Waals surface area contributed by atoms with Crippen molar-refractivity contribution in [3.63, 3.8) is 0 Å². The van der Waals surface area contributed by atoms with Gasteiger partial charge in [0.05, 0.1) is 11.5 Å². The molecule has 1 heterocycles. The van der Waals surface area contributed by atoms with Gasteiger partial charge < -0.3 is 21.7 Å². The zero-order valence-electron chi connectivity index (χ0n) is 16.4. The minimum absolute atomic E-state index is 0.718. The lowest BCUT2D eigenvalue weighted by Gasteiger charge is -2.03. The van der Waals surface area contributed by atoms with Gasteiger partial charge in [0.1, 0.15) is 17.9 Å². The lowest BCUT2D eigenvalue weighted by molar-refractivity contribution is -0.498. The molecule has 31 heavy (non-hydrogen) atoms. The van der Waals surface area contributed by atoms with Gasteiger partial charge in [-0.05, 0) is 42.0 Å². The van der Waals surface area contributed by atoms with Gasteiger partial charge in [-0.15, -0.1) is 0 Å². The topological polar surface area (TPSA) is 27.1 Å². The van der Waals surface area contributed by atoms with E-state index in [1.165, 1.54) is 5.56 Å². The zero-order valence-corrected chi connectivity index (χ0v) is 17.1. The van der Waals surface area contributed by atoms with Gasteiger partial charge in [-0.2, -0.15) is 0 Å². The Morgan fingerprint density at radius 3 is 2.10 bits per heavy atom. The Kier molecular flexibility index (Phi) is 7.52.